The van der Waals surface area contributed by atoms with Gasteiger partial charge in [0.15, 0.2) is 0 Å². The fourth-order valence-corrected chi connectivity index (χ4v) is 1.42. The summed E-state index contributed by atoms with van der Waals surface area (Å²) in [7, 11) is 0. The van der Waals surface area contributed by atoms with E-state index in [1.165, 1.54) is 0 Å². The van der Waals surface area contributed by atoms with Gasteiger partial charge in [-0.25, -0.2) is 0 Å². The molecule has 0 aliphatic heterocycles. The highest BCUT2D eigenvalue weighted by molar-refractivity contribution is 5.50. The zero-order valence-electron chi connectivity index (χ0n) is 10.1. The van der Waals surface area contributed by atoms with Gasteiger partial charge in [0.1, 0.15) is 12.1 Å². The summed E-state index contributed by atoms with van der Waals surface area (Å²) in [5.74, 6) is 0.204. The third-order valence-corrected chi connectivity index (χ3v) is 2.18. The minimum absolute atomic E-state index is 0.103. The summed E-state index contributed by atoms with van der Waals surface area (Å²) in [6.07, 6.45) is 1.16. The van der Waals surface area contributed by atoms with Gasteiger partial charge in [-0.1, -0.05) is 18.2 Å². The number of hydrogen-bond acceptors (Lipinski definition) is 6. The highest BCUT2D eigenvalue weighted by atomic mass is 16.6. The van der Waals surface area contributed by atoms with E-state index in [0.29, 0.717) is 5.75 Å². The van der Waals surface area contributed by atoms with Gasteiger partial charge >= 0.3 is 17.4 Å². The molecule has 1 aromatic heterocycles. The molecular formula is C12H11N3O4. The van der Waals surface area contributed by atoms with Crippen molar-refractivity contribution in [2.75, 3.05) is 6.61 Å². The molecule has 0 bridgehead atoms. The molecule has 0 radical (unpaired) electrons. The Balaban J connectivity index is 2.39. The van der Waals surface area contributed by atoms with Crippen LogP contribution < -0.4 is 9.47 Å². The van der Waals surface area contributed by atoms with Gasteiger partial charge in [-0.3, -0.25) is 10.1 Å². The molecule has 2 aromatic rings. The maximum Gasteiger partial charge on any atom is 0.392 e. The number of nitrogens with zero attached hydrogens (tertiary/aromatic N) is 3. The molecular weight excluding hydrogens is 250 g/mol. The summed E-state index contributed by atoms with van der Waals surface area (Å²) in [6.45, 7) is 1.98. The van der Waals surface area contributed by atoms with Crippen LogP contribution in [0.1, 0.15) is 6.92 Å². The summed E-state index contributed by atoms with van der Waals surface area (Å²) in [4.78, 5) is 18.0. The molecule has 7 heteroatoms. The third-order valence-electron chi connectivity index (χ3n) is 2.18. The molecule has 7 nitrogen and oxygen atoms in total. The first-order valence-electron chi connectivity index (χ1n) is 5.57. The monoisotopic (exact) mass is 261 g/mol. The molecule has 0 spiro atoms. The first-order valence-corrected chi connectivity index (χ1v) is 5.57. The number of ether oxygens (including phenoxy) is 2. The lowest BCUT2D eigenvalue weighted by Gasteiger charge is -2.07. The van der Waals surface area contributed by atoms with Gasteiger partial charge < -0.3 is 9.47 Å². The van der Waals surface area contributed by atoms with Crippen LogP contribution in [0, 0.1) is 10.1 Å². The van der Waals surface area contributed by atoms with Crippen molar-refractivity contribution in [1.82, 2.24) is 9.97 Å². The summed E-state index contributed by atoms with van der Waals surface area (Å²) in [5.41, 5.74) is -0.381. The Bertz CT molecular complexity index is 574. The molecule has 0 atom stereocenters. The van der Waals surface area contributed by atoms with Crippen molar-refractivity contribution in [3.8, 4) is 17.5 Å². The maximum atomic E-state index is 11.1. The summed E-state index contributed by atoms with van der Waals surface area (Å²) < 4.78 is 10.5. The van der Waals surface area contributed by atoms with Gasteiger partial charge in [0.2, 0.25) is 0 Å². The standard InChI is InChI=1S/C12H11N3O4/c1-2-18-11-10(15(16)17)12(14-8-13-11)19-9-6-4-3-5-7-9/h3-8H,2H2,1H3. The fraction of sp³-hybridized carbons (Fsp3) is 0.167. The van der Waals surface area contributed by atoms with E-state index in [1.54, 1.807) is 31.2 Å². The second kappa shape index (κ2) is 5.76. The van der Waals surface area contributed by atoms with Crippen LogP contribution in [-0.4, -0.2) is 21.5 Å². The quantitative estimate of drug-likeness (QED) is 0.607. The van der Waals surface area contributed by atoms with Crippen LogP contribution >= 0.6 is 0 Å². The van der Waals surface area contributed by atoms with Gasteiger partial charge in [0.05, 0.1) is 11.5 Å². The lowest BCUT2D eigenvalue weighted by Crippen LogP contribution is -2.03. The van der Waals surface area contributed by atoms with Crippen LogP contribution in [-0.2, 0) is 0 Å². The molecule has 0 saturated heterocycles. The van der Waals surface area contributed by atoms with Crippen molar-refractivity contribution in [3.05, 3.63) is 46.8 Å². The van der Waals surface area contributed by atoms with Crippen molar-refractivity contribution in [2.45, 2.75) is 6.92 Å². The van der Waals surface area contributed by atoms with Gasteiger partial charge in [-0.15, -0.1) is 0 Å². The summed E-state index contributed by atoms with van der Waals surface area (Å²) in [5, 5.41) is 11.1. The van der Waals surface area contributed by atoms with Crippen molar-refractivity contribution in [3.63, 3.8) is 0 Å². The molecule has 0 fully saturated rings. The zero-order chi connectivity index (χ0) is 13.7. The lowest BCUT2D eigenvalue weighted by atomic mass is 10.3. The highest BCUT2D eigenvalue weighted by Gasteiger charge is 2.26. The lowest BCUT2D eigenvalue weighted by molar-refractivity contribution is -0.387. The van der Waals surface area contributed by atoms with Gasteiger partial charge in [-0.2, -0.15) is 9.97 Å². The Kier molecular flexibility index (Phi) is 3.87. The van der Waals surface area contributed by atoms with Crippen LogP contribution in [0.4, 0.5) is 5.69 Å². The predicted octanol–water partition coefficient (Wildman–Crippen LogP) is 2.58. The van der Waals surface area contributed by atoms with E-state index < -0.39 is 4.92 Å². The molecule has 19 heavy (non-hydrogen) atoms. The molecule has 0 saturated carbocycles. The van der Waals surface area contributed by atoms with Gasteiger partial charge in [-0.05, 0) is 19.1 Å². The van der Waals surface area contributed by atoms with E-state index in [4.69, 9.17) is 9.47 Å². The van der Waals surface area contributed by atoms with Crippen molar-refractivity contribution in [2.24, 2.45) is 0 Å². The Morgan fingerprint density at radius 1 is 1.21 bits per heavy atom. The average molecular weight is 261 g/mol. The van der Waals surface area contributed by atoms with Crippen LogP contribution in [0.3, 0.4) is 0 Å². The Labute approximate surface area is 109 Å². The molecule has 0 unspecified atom stereocenters. The number of para-hydroxylation sites is 1. The smallest absolute Gasteiger partial charge is 0.392 e. The third kappa shape index (κ3) is 2.95. The zero-order valence-corrected chi connectivity index (χ0v) is 10.1. The second-order valence-corrected chi connectivity index (χ2v) is 3.44. The van der Waals surface area contributed by atoms with E-state index in [0.717, 1.165) is 6.33 Å². The van der Waals surface area contributed by atoms with Crippen LogP contribution in [0.25, 0.3) is 0 Å². The summed E-state index contributed by atoms with van der Waals surface area (Å²) >= 11 is 0. The van der Waals surface area contributed by atoms with Crippen LogP contribution in [0.15, 0.2) is 36.7 Å². The molecule has 98 valence electrons. The molecule has 1 heterocycles. The number of nitro groups is 1. The molecule has 2 rings (SSSR count). The second-order valence-electron chi connectivity index (χ2n) is 3.44. The van der Waals surface area contributed by atoms with E-state index in [9.17, 15) is 10.1 Å². The Hall–Kier alpha value is -2.70. The Morgan fingerprint density at radius 3 is 2.53 bits per heavy atom. The first kappa shape index (κ1) is 12.7. The van der Waals surface area contributed by atoms with Crippen molar-refractivity contribution < 1.29 is 14.4 Å². The number of hydrogen-bond donors (Lipinski definition) is 0. The number of benzene rings is 1. The van der Waals surface area contributed by atoms with E-state index in [-0.39, 0.29) is 24.1 Å². The van der Waals surface area contributed by atoms with Crippen molar-refractivity contribution in [1.29, 1.82) is 0 Å². The first-order chi connectivity index (χ1) is 9.22. The molecule has 1 aromatic carbocycles. The van der Waals surface area contributed by atoms with Gasteiger partial charge in [0, 0.05) is 0 Å². The largest absolute Gasteiger partial charge is 0.473 e. The SMILES string of the molecule is CCOc1ncnc(Oc2ccccc2)c1[N+](=O)[O-]. The molecule has 0 amide bonds. The van der Waals surface area contributed by atoms with Crippen molar-refractivity contribution >= 4 is 5.69 Å². The van der Waals surface area contributed by atoms with E-state index in [2.05, 4.69) is 9.97 Å². The number of aromatic nitrogens is 2. The summed E-state index contributed by atoms with van der Waals surface area (Å²) in [6, 6.07) is 8.67. The Morgan fingerprint density at radius 2 is 1.89 bits per heavy atom. The van der Waals surface area contributed by atoms with Crippen LogP contribution in [0.2, 0.25) is 0 Å². The topological polar surface area (TPSA) is 87.4 Å². The fourth-order valence-electron chi connectivity index (χ4n) is 1.42. The van der Waals surface area contributed by atoms with Crippen LogP contribution in [0.5, 0.6) is 17.5 Å². The molecule has 0 aliphatic carbocycles. The maximum absolute atomic E-state index is 11.1. The highest BCUT2D eigenvalue weighted by Crippen LogP contribution is 2.35. The van der Waals surface area contributed by atoms with Gasteiger partial charge in [0.25, 0.3) is 0 Å². The van der Waals surface area contributed by atoms with E-state index in [1.807, 2.05) is 6.07 Å². The molecule has 0 aliphatic rings. The van der Waals surface area contributed by atoms with E-state index >= 15 is 0 Å². The normalized spacial score (nSPS) is 9.95. The average Bonchev–Trinajstić information content (AvgIpc) is 2.40. The predicted molar refractivity (Wildman–Crippen MR) is 66.4 cm³/mol. The molecule has 0 N–H and O–H groups in total. The minimum Gasteiger partial charge on any atom is -0.473 e. The number of rotatable bonds is 5. The minimum atomic E-state index is -0.622.